The highest BCUT2D eigenvalue weighted by molar-refractivity contribution is 5.95. The zero-order valence-corrected chi connectivity index (χ0v) is 22.0. The smallest absolute Gasteiger partial charge is 0.253 e. The van der Waals surface area contributed by atoms with E-state index in [1.165, 1.54) is 6.21 Å². The summed E-state index contributed by atoms with van der Waals surface area (Å²) in [5.41, 5.74) is 4.70. The molecule has 4 rings (SSSR count). The molecule has 2 aliphatic heterocycles. The van der Waals surface area contributed by atoms with Gasteiger partial charge in [-0.3, -0.25) is 9.59 Å². The van der Waals surface area contributed by atoms with E-state index >= 15 is 0 Å². The van der Waals surface area contributed by atoms with Gasteiger partial charge in [0, 0.05) is 49.7 Å². The summed E-state index contributed by atoms with van der Waals surface area (Å²) in [6, 6.07) is 14.0. The first kappa shape index (κ1) is 27.2. The van der Waals surface area contributed by atoms with Crippen molar-refractivity contribution in [2.75, 3.05) is 32.9 Å². The third-order valence-electron chi connectivity index (χ3n) is 8.38. The monoisotopic (exact) mass is 504 g/mol. The Morgan fingerprint density at radius 2 is 1.92 bits per heavy atom. The zero-order chi connectivity index (χ0) is 26.3. The average Bonchev–Trinajstić information content (AvgIpc) is 3.21. The van der Waals surface area contributed by atoms with Crippen LogP contribution in [0.5, 0.6) is 0 Å². The fourth-order valence-electron chi connectivity index (χ4n) is 5.78. The lowest BCUT2D eigenvalue weighted by atomic mass is 9.70. The quantitative estimate of drug-likeness (QED) is 0.377. The van der Waals surface area contributed by atoms with Crippen LogP contribution in [0.2, 0.25) is 0 Å². The number of aryl methyl sites for hydroxylation is 1. The number of carbonyl (C=O) groups excluding carboxylic acids is 2. The second kappa shape index (κ2) is 12.6. The highest BCUT2D eigenvalue weighted by atomic mass is 16.5. The van der Waals surface area contributed by atoms with Gasteiger partial charge in [-0.15, -0.1) is 0 Å². The maximum Gasteiger partial charge on any atom is 0.253 e. The summed E-state index contributed by atoms with van der Waals surface area (Å²) in [5, 5.41) is 16.8. The predicted octanol–water partition coefficient (Wildman–Crippen LogP) is 5.29. The van der Waals surface area contributed by atoms with E-state index in [2.05, 4.69) is 13.0 Å². The molecule has 1 spiro atoms. The topological polar surface area (TPSA) is 90.7 Å². The van der Waals surface area contributed by atoms with Crippen LogP contribution in [0.1, 0.15) is 73.4 Å². The van der Waals surface area contributed by atoms with E-state index in [1.807, 2.05) is 41.3 Å². The van der Waals surface area contributed by atoms with Crippen LogP contribution in [0, 0.1) is 16.7 Å². The third-order valence-corrected chi connectivity index (χ3v) is 8.38. The number of amides is 1. The van der Waals surface area contributed by atoms with Crippen LogP contribution in [0.25, 0.3) is 11.1 Å². The number of aliphatic hydroxyl groups excluding tert-OH is 1. The number of nitrogens with one attached hydrogen (secondary N) is 1. The lowest BCUT2D eigenvalue weighted by molar-refractivity contribution is -0.121. The highest BCUT2D eigenvalue weighted by Crippen LogP contribution is 2.42. The van der Waals surface area contributed by atoms with Gasteiger partial charge in [0.25, 0.3) is 5.91 Å². The molecular formula is C31H40N2O4. The molecule has 0 saturated carbocycles. The van der Waals surface area contributed by atoms with Gasteiger partial charge in [-0.2, -0.15) is 0 Å². The van der Waals surface area contributed by atoms with Crippen molar-refractivity contribution in [2.24, 2.45) is 11.3 Å². The van der Waals surface area contributed by atoms with E-state index in [9.17, 15) is 9.59 Å². The summed E-state index contributed by atoms with van der Waals surface area (Å²) in [6.45, 7) is 4.88. The largest absolute Gasteiger partial charge is 0.396 e. The van der Waals surface area contributed by atoms with Crippen LogP contribution in [-0.4, -0.2) is 60.8 Å². The van der Waals surface area contributed by atoms with Crippen molar-refractivity contribution >= 4 is 17.9 Å². The van der Waals surface area contributed by atoms with Crippen LogP contribution in [0.3, 0.4) is 0 Å². The van der Waals surface area contributed by atoms with Crippen LogP contribution in [0.4, 0.5) is 0 Å². The number of unbranched alkanes of at least 4 members (excludes halogenated alkanes) is 2. The molecule has 6 nitrogen and oxygen atoms in total. The lowest BCUT2D eigenvalue weighted by Crippen LogP contribution is -2.36. The van der Waals surface area contributed by atoms with Crippen molar-refractivity contribution in [2.45, 2.75) is 58.3 Å². The van der Waals surface area contributed by atoms with E-state index in [0.29, 0.717) is 50.6 Å². The Morgan fingerprint density at radius 3 is 2.68 bits per heavy atom. The Hall–Kier alpha value is -2.83. The summed E-state index contributed by atoms with van der Waals surface area (Å²) >= 11 is 0. The zero-order valence-electron chi connectivity index (χ0n) is 22.0. The van der Waals surface area contributed by atoms with Crippen LogP contribution in [-0.2, 0) is 16.0 Å². The van der Waals surface area contributed by atoms with E-state index < -0.39 is 0 Å². The molecule has 0 aliphatic carbocycles. The van der Waals surface area contributed by atoms with Crippen LogP contribution in [0.15, 0.2) is 42.5 Å². The number of rotatable bonds is 8. The summed E-state index contributed by atoms with van der Waals surface area (Å²) in [4.78, 5) is 27.7. The molecular weight excluding hydrogens is 464 g/mol. The van der Waals surface area contributed by atoms with Crippen molar-refractivity contribution < 1.29 is 19.4 Å². The molecule has 2 aromatic rings. The summed E-state index contributed by atoms with van der Waals surface area (Å²) in [6.07, 6.45) is 7.76. The Morgan fingerprint density at radius 1 is 1.14 bits per heavy atom. The first-order valence-electron chi connectivity index (χ1n) is 13.7. The first-order chi connectivity index (χ1) is 18.0. The molecule has 6 heteroatoms. The molecule has 2 aromatic carbocycles. The van der Waals surface area contributed by atoms with Crippen molar-refractivity contribution in [1.82, 2.24) is 4.90 Å². The van der Waals surface area contributed by atoms with Gasteiger partial charge >= 0.3 is 0 Å². The number of nitrogens with zero attached hydrogens (tertiary/aromatic N) is 1. The summed E-state index contributed by atoms with van der Waals surface area (Å²) in [7, 11) is 0. The van der Waals surface area contributed by atoms with Gasteiger partial charge < -0.3 is 20.2 Å². The minimum atomic E-state index is -0.162. The van der Waals surface area contributed by atoms with E-state index in [-0.39, 0.29) is 23.7 Å². The molecule has 2 heterocycles. The summed E-state index contributed by atoms with van der Waals surface area (Å²) in [5.74, 6) is 0.651. The summed E-state index contributed by atoms with van der Waals surface area (Å²) < 4.78 is 5.83. The fourth-order valence-corrected chi connectivity index (χ4v) is 5.78. The standard InChI is InChI=1S/C31H40N2O4/c1-23-12-15-33(16-14-31(23)20-29(35)13-18-37-22-31)30(36)25-8-6-24(7-9-25)27-10-11-28(21-32)26(19-27)5-3-2-4-17-34/h6-11,19,21,23,32,34H,2-5,12-18,20,22H2,1H3. The molecule has 37 heavy (non-hydrogen) atoms. The molecule has 1 amide bonds. The number of hydrogen-bond acceptors (Lipinski definition) is 5. The molecule has 0 bridgehead atoms. The molecule has 2 atom stereocenters. The maximum absolute atomic E-state index is 13.4. The molecule has 0 radical (unpaired) electrons. The van der Waals surface area contributed by atoms with Crippen molar-refractivity contribution in [3.63, 3.8) is 0 Å². The lowest BCUT2D eigenvalue weighted by Gasteiger charge is -2.35. The van der Waals surface area contributed by atoms with E-state index in [1.54, 1.807) is 0 Å². The maximum atomic E-state index is 13.4. The van der Waals surface area contributed by atoms with Gasteiger partial charge in [0.15, 0.2) is 0 Å². The number of ketones is 1. The van der Waals surface area contributed by atoms with Gasteiger partial charge in [0.2, 0.25) is 0 Å². The first-order valence-corrected chi connectivity index (χ1v) is 13.7. The number of Topliss-reactive ketones (excluding diaryl/α,β-unsaturated/α-hetero) is 1. The number of ether oxygens (including phenoxy) is 1. The Kier molecular flexibility index (Phi) is 9.28. The molecule has 2 saturated heterocycles. The Balaban J connectivity index is 1.44. The Labute approximate surface area is 220 Å². The normalized spacial score (nSPS) is 22.5. The molecule has 0 aromatic heterocycles. The van der Waals surface area contributed by atoms with Crippen LogP contribution >= 0.6 is 0 Å². The van der Waals surface area contributed by atoms with Crippen molar-refractivity contribution in [3.05, 3.63) is 59.2 Å². The van der Waals surface area contributed by atoms with Crippen molar-refractivity contribution in [3.8, 4) is 11.1 Å². The molecule has 2 fully saturated rings. The van der Waals surface area contributed by atoms with E-state index in [4.69, 9.17) is 15.3 Å². The minimum Gasteiger partial charge on any atom is -0.396 e. The van der Waals surface area contributed by atoms with Gasteiger partial charge in [0.1, 0.15) is 5.78 Å². The second-order valence-electron chi connectivity index (χ2n) is 10.8. The average molecular weight is 505 g/mol. The minimum absolute atomic E-state index is 0.0420. The third kappa shape index (κ3) is 6.55. The highest BCUT2D eigenvalue weighted by Gasteiger charge is 2.42. The number of aliphatic hydroxyl groups is 1. The van der Waals surface area contributed by atoms with E-state index in [0.717, 1.165) is 60.8 Å². The molecule has 2 aliphatic rings. The van der Waals surface area contributed by atoms with Gasteiger partial charge in [-0.1, -0.05) is 43.7 Å². The number of likely N-dealkylation sites (tertiary alicyclic amines) is 1. The van der Waals surface area contributed by atoms with Gasteiger partial charge in [-0.05, 0) is 72.4 Å². The number of carbonyl (C=O) groups is 2. The van der Waals surface area contributed by atoms with Crippen molar-refractivity contribution in [1.29, 1.82) is 5.41 Å². The fraction of sp³-hybridized carbons (Fsp3) is 0.516. The number of hydrogen-bond donors (Lipinski definition) is 2. The van der Waals surface area contributed by atoms with Gasteiger partial charge in [0.05, 0.1) is 13.2 Å². The van der Waals surface area contributed by atoms with Crippen LogP contribution < -0.4 is 0 Å². The van der Waals surface area contributed by atoms with Gasteiger partial charge in [-0.25, -0.2) is 0 Å². The Bertz CT molecular complexity index is 1100. The number of benzene rings is 2. The SMILES string of the molecule is CC1CCN(C(=O)c2ccc(-c3ccc(C=N)c(CCCCCO)c3)cc2)CCC12COCCC(=O)C2. The predicted molar refractivity (Wildman–Crippen MR) is 146 cm³/mol. The second-order valence-corrected chi connectivity index (χ2v) is 10.8. The molecule has 2 unspecified atom stereocenters. The molecule has 198 valence electrons. The molecule has 2 N–H and O–H groups in total.